The van der Waals surface area contributed by atoms with Crippen LogP contribution in [-0.2, 0) is 26.3 Å². The predicted octanol–water partition coefficient (Wildman–Crippen LogP) is 3.78. The Balaban J connectivity index is 1.58. The van der Waals surface area contributed by atoms with E-state index in [4.69, 9.17) is 4.74 Å². The molecule has 0 saturated carbocycles. The molecule has 2 aromatic rings. The first-order chi connectivity index (χ1) is 15.7. The molecule has 1 N–H and O–H groups in total. The Morgan fingerprint density at radius 1 is 1.21 bits per heavy atom. The van der Waals surface area contributed by atoms with E-state index < -0.39 is 11.5 Å². The maximum atomic E-state index is 13.3. The molecule has 1 fully saturated rings. The number of carbonyl (C=O) groups excluding carboxylic acids is 3. The van der Waals surface area contributed by atoms with Crippen LogP contribution in [0.1, 0.15) is 50.3 Å². The Labute approximate surface area is 194 Å². The molecule has 2 heterocycles. The third kappa shape index (κ3) is 3.86. The van der Waals surface area contributed by atoms with Crippen LogP contribution in [0.5, 0.6) is 5.75 Å². The molecule has 2 aliphatic rings. The zero-order chi connectivity index (χ0) is 23.9. The molecule has 4 rings (SSSR count). The van der Waals surface area contributed by atoms with Gasteiger partial charge in [-0.05, 0) is 63.4 Å². The zero-order valence-electron chi connectivity index (χ0n) is 19.9. The summed E-state index contributed by atoms with van der Waals surface area (Å²) in [5.41, 5.74) is 3.64. The first-order valence-corrected chi connectivity index (χ1v) is 11.4. The molecule has 0 bridgehead atoms. The van der Waals surface area contributed by atoms with Gasteiger partial charge in [0.2, 0.25) is 17.7 Å². The standard InChI is InChI=1S/C26H31N3O4/c1-6-28-23-16(2)13-18(14-19(23)26(3,4)25(28)32)27-24(31)20-11-12-22(30)29(20)15-17-9-7-8-10-21(17)33-5/h7-10,13-14,20H,6,11-12,15H2,1-5H3,(H,27,31). The summed E-state index contributed by atoms with van der Waals surface area (Å²) >= 11 is 0. The highest BCUT2D eigenvalue weighted by Gasteiger charge is 2.44. The third-order valence-corrected chi connectivity index (χ3v) is 6.77. The fraction of sp³-hybridized carbons (Fsp3) is 0.423. The van der Waals surface area contributed by atoms with Gasteiger partial charge in [-0.15, -0.1) is 0 Å². The number of hydrogen-bond acceptors (Lipinski definition) is 4. The van der Waals surface area contributed by atoms with Crippen molar-refractivity contribution in [2.45, 2.75) is 58.5 Å². The van der Waals surface area contributed by atoms with Crippen LogP contribution >= 0.6 is 0 Å². The van der Waals surface area contributed by atoms with Crippen molar-refractivity contribution in [2.24, 2.45) is 0 Å². The van der Waals surface area contributed by atoms with Crippen LogP contribution in [0.25, 0.3) is 0 Å². The number of nitrogens with zero attached hydrogens (tertiary/aromatic N) is 2. The highest BCUT2D eigenvalue weighted by Crippen LogP contribution is 2.45. The molecule has 0 spiro atoms. The van der Waals surface area contributed by atoms with Crippen molar-refractivity contribution >= 4 is 29.1 Å². The highest BCUT2D eigenvalue weighted by molar-refractivity contribution is 6.09. The molecule has 33 heavy (non-hydrogen) atoms. The number of benzene rings is 2. The summed E-state index contributed by atoms with van der Waals surface area (Å²) in [6, 6.07) is 10.8. The van der Waals surface area contributed by atoms with Crippen LogP contribution in [0.3, 0.4) is 0 Å². The van der Waals surface area contributed by atoms with Gasteiger partial charge in [-0.2, -0.15) is 0 Å². The number of aryl methyl sites for hydroxylation is 1. The number of likely N-dealkylation sites (N-methyl/N-ethyl adjacent to an activating group) is 1. The van der Waals surface area contributed by atoms with Gasteiger partial charge in [0.25, 0.3) is 0 Å². The molecule has 2 aliphatic heterocycles. The van der Waals surface area contributed by atoms with Crippen LogP contribution in [-0.4, -0.2) is 42.3 Å². The Bertz CT molecular complexity index is 1120. The minimum absolute atomic E-state index is 0.0449. The lowest BCUT2D eigenvalue weighted by atomic mass is 9.85. The molecular formula is C26H31N3O4. The van der Waals surface area contributed by atoms with Gasteiger partial charge in [-0.1, -0.05) is 18.2 Å². The van der Waals surface area contributed by atoms with Gasteiger partial charge >= 0.3 is 0 Å². The molecule has 7 nitrogen and oxygen atoms in total. The molecular weight excluding hydrogens is 418 g/mol. The number of fused-ring (bicyclic) bond motifs is 1. The maximum absolute atomic E-state index is 13.3. The van der Waals surface area contributed by atoms with E-state index in [9.17, 15) is 14.4 Å². The molecule has 0 aliphatic carbocycles. The minimum Gasteiger partial charge on any atom is -0.496 e. The van der Waals surface area contributed by atoms with Crippen LogP contribution in [0.4, 0.5) is 11.4 Å². The number of carbonyl (C=O) groups is 3. The molecule has 174 valence electrons. The summed E-state index contributed by atoms with van der Waals surface area (Å²) in [5.74, 6) is 0.495. The molecule has 0 aromatic heterocycles. The largest absolute Gasteiger partial charge is 0.496 e. The van der Waals surface area contributed by atoms with E-state index >= 15 is 0 Å². The van der Waals surface area contributed by atoms with Gasteiger partial charge in [-0.25, -0.2) is 0 Å². The predicted molar refractivity (Wildman–Crippen MR) is 127 cm³/mol. The first kappa shape index (κ1) is 22.8. The number of methoxy groups -OCH3 is 1. The van der Waals surface area contributed by atoms with Crippen LogP contribution in [0.2, 0.25) is 0 Å². The van der Waals surface area contributed by atoms with Gasteiger partial charge < -0.3 is 19.9 Å². The summed E-state index contributed by atoms with van der Waals surface area (Å²) in [6.07, 6.45) is 0.806. The van der Waals surface area contributed by atoms with Crippen molar-refractivity contribution in [3.8, 4) is 5.75 Å². The molecule has 7 heteroatoms. The highest BCUT2D eigenvalue weighted by atomic mass is 16.5. The van der Waals surface area contributed by atoms with Crippen molar-refractivity contribution in [1.29, 1.82) is 0 Å². The molecule has 1 unspecified atom stereocenters. The lowest BCUT2D eigenvalue weighted by Crippen LogP contribution is -2.41. The van der Waals surface area contributed by atoms with E-state index in [0.717, 1.165) is 22.4 Å². The van der Waals surface area contributed by atoms with Crippen LogP contribution in [0.15, 0.2) is 36.4 Å². The van der Waals surface area contributed by atoms with E-state index in [2.05, 4.69) is 5.32 Å². The summed E-state index contributed by atoms with van der Waals surface area (Å²) in [4.78, 5) is 42.2. The summed E-state index contributed by atoms with van der Waals surface area (Å²) in [5, 5.41) is 3.01. The quantitative estimate of drug-likeness (QED) is 0.728. The Kier molecular flexibility index (Phi) is 5.91. The monoisotopic (exact) mass is 449 g/mol. The number of ether oxygens (including phenoxy) is 1. The smallest absolute Gasteiger partial charge is 0.247 e. The first-order valence-electron chi connectivity index (χ1n) is 11.4. The Morgan fingerprint density at radius 3 is 2.64 bits per heavy atom. The van der Waals surface area contributed by atoms with E-state index in [1.165, 1.54) is 0 Å². The van der Waals surface area contributed by atoms with Gasteiger partial charge in [0.1, 0.15) is 11.8 Å². The number of likely N-dealkylation sites (tertiary alicyclic amines) is 1. The van der Waals surface area contributed by atoms with Gasteiger partial charge in [0, 0.05) is 24.2 Å². The van der Waals surface area contributed by atoms with Gasteiger partial charge in [0.15, 0.2) is 0 Å². The topological polar surface area (TPSA) is 79.0 Å². The molecule has 0 radical (unpaired) electrons. The summed E-state index contributed by atoms with van der Waals surface area (Å²) < 4.78 is 5.41. The second kappa shape index (κ2) is 8.54. The van der Waals surface area contributed by atoms with Crippen molar-refractivity contribution in [2.75, 3.05) is 23.9 Å². The SMILES string of the molecule is CCN1C(=O)C(C)(C)c2cc(NC(=O)C3CCC(=O)N3Cc3ccccc3OC)cc(C)c21. The average Bonchev–Trinajstić information content (AvgIpc) is 3.24. The Morgan fingerprint density at radius 2 is 1.94 bits per heavy atom. The molecule has 3 amide bonds. The molecule has 1 atom stereocenters. The van der Waals surface area contributed by atoms with E-state index in [-0.39, 0.29) is 17.7 Å². The van der Waals surface area contributed by atoms with E-state index in [0.29, 0.717) is 37.4 Å². The van der Waals surface area contributed by atoms with Crippen molar-refractivity contribution in [3.05, 3.63) is 53.1 Å². The Hall–Kier alpha value is -3.35. The summed E-state index contributed by atoms with van der Waals surface area (Å²) in [7, 11) is 1.59. The molecule has 2 aromatic carbocycles. The number of anilines is 2. The van der Waals surface area contributed by atoms with Gasteiger partial charge in [0.05, 0.1) is 24.8 Å². The fourth-order valence-corrected chi connectivity index (χ4v) is 4.99. The van der Waals surface area contributed by atoms with Crippen molar-refractivity contribution in [1.82, 2.24) is 4.90 Å². The second-order valence-electron chi connectivity index (χ2n) is 9.24. The number of nitrogens with one attached hydrogen (secondary N) is 1. The van der Waals surface area contributed by atoms with Crippen LogP contribution < -0.4 is 15.0 Å². The third-order valence-electron chi connectivity index (χ3n) is 6.77. The number of rotatable bonds is 6. The zero-order valence-corrected chi connectivity index (χ0v) is 19.9. The van der Waals surface area contributed by atoms with Crippen LogP contribution in [0, 0.1) is 6.92 Å². The number of para-hydroxylation sites is 1. The van der Waals surface area contributed by atoms with Crippen molar-refractivity contribution < 1.29 is 19.1 Å². The fourth-order valence-electron chi connectivity index (χ4n) is 4.99. The minimum atomic E-state index is -0.657. The molecule has 1 saturated heterocycles. The number of hydrogen-bond donors (Lipinski definition) is 1. The van der Waals surface area contributed by atoms with E-state index in [1.54, 1.807) is 16.9 Å². The normalized spacial score (nSPS) is 19.1. The van der Waals surface area contributed by atoms with Gasteiger partial charge in [-0.3, -0.25) is 14.4 Å². The van der Waals surface area contributed by atoms with Crippen molar-refractivity contribution in [3.63, 3.8) is 0 Å². The lowest BCUT2D eigenvalue weighted by molar-refractivity contribution is -0.133. The van der Waals surface area contributed by atoms with E-state index in [1.807, 2.05) is 64.1 Å². The maximum Gasteiger partial charge on any atom is 0.247 e. The number of amides is 3. The summed E-state index contributed by atoms with van der Waals surface area (Å²) in [6.45, 7) is 8.67. The second-order valence-corrected chi connectivity index (χ2v) is 9.24. The average molecular weight is 450 g/mol. The lowest BCUT2D eigenvalue weighted by Gasteiger charge is -2.25.